The third-order valence-corrected chi connectivity index (χ3v) is 3.98. The van der Waals surface area contributed by atoms with Gasteiger partial charge in [-0.05, 0) is 19.1 Å². The maximum atomic E-state index is 13.3. The van der Waals surface area contributed by atoms with Gasteiger partial charge in [-0.3, -0.25) is 4.57 Å². The first-order valence-corrected chi connectivity index (χ1v) is 7.16. The molecule has 0 bridgehead atoms. The summed E-state index contributed by atoms with van der Waals surface area (Å²) in [6.07, 6.45) is 0. The molecule has 0 N–H and O–H groups in total. The van der Waals surface area contributed by atoms with Crippen molar-refractivity contribution in [2.75, 3.05) is 0 Å². The number of imidazole rings is 1. The summed E-state index contributed by atoms with van der Waals surface area (Å²) in [5.41, 5.74) is 0.943. The van der Waals surface area contributed by atoms with Crippen LogP contribution in [-0.4, -0.2) is 19.7 Å². The monoisotopic (exact) mass is 310 g/mol. The van der Waals surface area contributed by atoms with Gasteiger partial charge in [0.25, 0.3) is 0 Å². The molecule has 0 fully saturated rings. The van der Waals surface area contributed by atoms with Crippen LogP contribution in [0.5, 0.6) is 0 Å². The number of alkyl halides is 2. The molecule has 0 radical (unpaired) electrons. The quantitative estimate of drug-likeness (QED) is 0.682. The second-order valence-electron chi connectivity index (χ2n) is 4.45. The van der Waals surface area contributed by atoms with Crippen LogP contribution in [0.4, 0.5) is 8.78 Å². The molecule has 3 rings (SSSR count). The summed E-state index contributed by atoms with van der Waals surface area (Å²) in [5, 5.41) is 7.62. The van der Waals surface area contributed by atoms with Crippen molar-refractivity contribution >= 4 is 22.8 Å². The first kappa shape index (κ1) is 14.0. The first-order valence-electron chi connectivity index (χ1n) is 6.28. The molecule has 110 valence electrons. The van der Waals surface area contributed by atoms with Crippen LogP contribution < -0.4 is 0 Å². The number of hydrogen-bond acceptors (Lipinski definition) is 5. The number of halogens is 2. The summed E-state index contributed by atoms with van der Waals surface area (Å²) in [6, 6.07) is 6.81. The van der Waals surface area contributed by atoms with Gasteiger partial charge in [-0.1, -0.05) is 23.9 Å². The maximum absolute atomic E-state index is 13.3. The smallest absolute Gasteiger partial charge is 0.321 e. The Hall–Kier alpha value is -1.96. The third-order valence-electron chi connectivity index (χ3n) is 2.93. The fourth-order valence-electron chi connectivity index (χ4n) is 1.98. The summed E-state index contributed by atoms with van der Waals surface area (Å²) in [6.45, 7) is 0.839. The van der Waals surface area contributed by atoms with Gasteiger partial charge >= 0.3 is 6.55 Å². The lowest BCUT2D eigenvalue weighted by atomic mass is 10.3. The van der Waals surface area contributed by atoms with Crippen molar-refractivity contribution in [3.8, 4) is 0 Å². The number of hydrogen-bond donors (Lipinski definition) is 0. The van der Waals surface area contributed by atoms with Gasteiger partial charge < -0.3 is 4.42 Å². The molecule has 1 atom stereocenters. The molecule has 0 spiro atoms. The minimum Gasteiger partial charge on any atom is -0.424 e. The zero-order valence-electron chi connectivity index (χ0n) is 11.3. The van der Waals surface area contributed by atoms with E-state index in [0.29, 0.717) is 22.8 Å². The van der Waals surface area contributed by atoms with E-state index in [-0.39, 0.29) is 10.4 Å². The zero-order valence-corrected chi connectivity index (χ0v) is 12.1. The number of aryl methyl sites for hydroxylation is 1. The number of aromatic nitrogens is 4. The highest BCUT2D eigenvalue weighted by Gasteiger charge is 2.22. The molecular weight excluding hydrogens is 298 g/mol. The van der Waals surface area contributed by atoms with Gasteiger partial charge in [0.2, 0.25) is 11.8 Å². The molecule has 21 heavy (non-hydrogen) atoms. The average molecular weight is 310 g/mol. The molecule has 2 aromatic heterocycles. The number of rotatable bonds is 4. The molecule has 1 aromatic carbocycles. The molecule has 0 aliphatic carbocycles. The summed E-state index contributed by atoms with van der Waals surface area (Å²) in [7, 11) is 0. The fraction of sp³-hybridized carbons (Fsp3) is 0.308. The predicted molar refractivity (Wildman–Crippen MR) is 74.3 cm³/mol. The van der Waals surface area contributed by atoms with Crippen LogP contribution >= 0.6 is 11.8 Å². The van der Waals surface area contributed by atoms with Crippen molar-refractivity contribution in [3.05, 3.63) is 36.0 Å². The normalized spacial score (nSPS) is 13.2. The van der Waals surface area contributed by atoms with Crippen molar-refractivity contribution in [1.29, 1.82) is 0 Å². The summed E-state index contributed by atoms with van der Waals surface area (Å²) in [4.78, 5) is 4.26. The van der Waals surface area contributed by atoms with Crippen molar-refractivity contribution in [1.82, 2.24) is 19.7 Å². The van der Waals surface area contributed by atoms with Gasteiger partial charge in [-0.2, -0.15) is 8.78 Å². The lowest BCUT2D eigenvalue weighted by molar-refractivity contribution is 0.0656. The average Bonchev–Trinajstić information content (AvgIpc) is 3.01. The van der Waals surface area contributed by atoms with Crippen molar-refractivity contribution in [2.45, 2.75) is 30.8 Å². The van der Waals surface area contributed by atoms with E-state index in [1.54, 1.807) is 31.2 Å². The van der Waals surface area contributed by atoms with Crippen molar-refractivity contribution in [3.63, 3.8) is 0 Å². The Morgan fingerprint density at radius 2 is 2.00 bits per heavy atom. The maximum Gasteiger partial charge on any atom is 0.321 e. The Labute approximate surface area is 123 Å². The van der Waals surface area contributed by atoms with Gasteiger partial charge in [-0.25, -0.2) is 4.98 Å². The lowest BCUT2D eigenvalue weighted by Crippen LogP contribution is -2.01. The molecule has 0 saturated heterocycles. The van der Waals surface area contributed by atoms with E-state index < -0.39 is 6.55 Å². The number of para-hydroxylation sites is 2. The molecule has 8 heteroatoms. The van der Waals surface area contributed by atoms with Crippen molar-refractivity contribution < 1.29 is 13.2 Å². The highest BCUT2D eigenvalue weighted by molar-refractivity contribution is 7.99. The van der Waals surface area contributed by atoms with Crippen LogP contribution in [0.3, 0.4) is 0 Å². The Bertz CT molecular complexity index is 770. The zero-order chi connectivity index (χ0) is 15.0. The van der Waals surface area contributed by atoms with Crippen molar-refractivity contribution in [2.24, 2.45) is 0 Å². The van der Waals surface area contributed by atoms with Gasteiger partial charge in [0, 0.05) is 6.92 Å². The second-order valence-corrected chi connectivity index (χ2v) is 5.76. The first-order chi connectivity index (χ1) is 10.1. The molecule has 0 aliphatic rings. The molecule has 2 heterocycles. The van der Waals surface area contributed by atoms with Gasteiger partial charge in [0.15, 0.2) is 5.16 Å². The Kier molecular flexibility index (Phi) is 3.62. The Morgan fingerprint density at radius 3 is 2.67 bits per heavy atom. The van der Waals surface area contributed by atoms with Crippen LogP contribution in [0.15, 0.2) is 33.8 Å². The largest absolute Gasteiger partial charge is 0.424 e. The molecule has 5 nitrogen and oxygen atoms in total. The summed E-state index contributed by atoms with van der Waals surface area (Å²) in [5.74, 6) is 0.838. The van der Waals surface area contributed by atoms with Crippen LogP contribution in [0.2, 0.25) is 0 Å². The number of benzene rings is 1. The predicted octanol–water partition coefficient (Wildman–Crippen LogP) is 3.98. The standard InChI is InChI=1S/C13H12F2N4OS/c1-7(11-18-17-8(2)20-11)21-13-16-9-5-3-4-6-10(9)19(13)12(14)15/h3-7,12H,1-2H3. The number of nitrogens with zero attached hydrogens (tertiary/aromatic N) is 4. The molecule has 3 aromatic rings. The van der Waals surface area contributed by atoms with Crippen LogP contribution in [0.25, 0.3) is 11.0 Å². The van der Waals surface area contributed by atoms with Crippen LogP contribution in [0, 0.1) is 6.92 Å². The molecule has 0 aliphatic heterocycles. The van der Waals surface area contributed by atoms with E-state index in [0.717, 1.165) is 4.57 Å². The second kappa shape index (κ2) is 5.44. The van der Waals surface area contributed by atoms with Gasteiger partial charge in [0.05, 0.1) is 16.3 Å². The molecule has 0 amide bonds. The van der Waals surface area contributed by atoms with Gasteiger partial charge in [-0.15, -0.1) is 10.2 Å². The molecule has 0 saturated carbocycles. The SMILES string of the molecule is Cc1nnc(C(C)Sc2nc3ccccc3n2C(F)F)o1. The lowest BCUT2D eigenvalue weighted by Gasteiger charge is -2.09. The topological polar surface area (TPSA) is 56.7 Å². The van der Waals surface area contributed by atoms with E-state index in [4.69, 9.17) is 4.42 Å². The molecule has 1 unspecified atom stereocenters. The highest BCUT2D eigenvalue weighted by Crippen LogP contribution is 2.37. The minimum atomic E-state index is -2.66. The number of fused-ring (bicyclic) bond motifs is 1. The van der Waals surface area contributed by atoms with Gasteiger partial charge in [0.1, 0.15) is 0 Å². The number of thioether (sulfide) groups is 1. The minimum absolute atomic E-state index is 0.231. The van der Waals surface area contributed by atoms with Crippen LogP contribution in [0.1, 0.15) is 30.5 Å². The Morgan fingerprint density at radius 1 is 1.24 bits per heavy atom. The highest BCUT2D eigenvalue weighted by atomic mass is 32.2. The molecular formula is C13H12F2N4OS. The third kappa shape index (κ3) is 2.63. The van der Waals surface area contributed by atoms with E-state index in [1.807, 2.05) is 6.92 Å². The van der Waals surface area contributed by atoms with E-state index in [2.05, 4.69) is 15.2 Å². The van der Waals surface area contributed by atoms with E-state index in [9.17, 15) is 8.78 Å². The van der Waals surface area contributed by atoms with E-state index >= 15 is 0 Å². The summed E-state index contributed by atoms with van der Waals surface area (Å²) >= 11 is 1.17. The fourth-order valence-corrected chi connectivity index (χ4v) is 2.93. The summed E-state index contributed by atoms with van der Waals surface area (Å²) < 4.78 is 32.9. The van der Waals surface area contributed by atoms with Crippen LogP contribution in [-0.2, 0) is 0 Å². The van der Waals surface area contributed by atoms with E-state index in [1.165, 1.54) is 11.8 Å². The Balaban J connectivity index is 1.98.